The average Bonchev–Trinajstić information content (AvgIpc) is 2.90. The van der Waals surface area contributed by atoms with Crippen molar-refractivity contribution in [2.45, 2.75) is 6.54 Å². The lowest BCUT2D eigenvalue weighted by molar-refractivity contribution is -0.752. The third-order valence-corrected chi connectivity index (χ3v) is 2.79. The topological polar surface area (TPSA) is 68.3 Å². The molecule has 17 heavy (non-hydrogen) atoms. The molecule has 0 saturated carbocycles. The molecule has 1 aromatic heterocycles. The second-order valence-corrected chi connectivity index (χ2v) is 3.90. The molecule has 0 radical (unpaired) electrons. The summed E-state index contributed by atoms with van der Waals surface area (Å²) in [4.78, 5) is 11.0. The van der Waals surface area contributed by atoms with Gasteiger partial charge >= 0.3 is 10.8 Å². The lowest BCUT2D eigenvalue weighted by Gasteiger charge is -1.97. The highest BCUT2D eigenvalue weighted by atomic mass is 35.5. The average molecular weight is 256 g/mol. The molecular formula is C10H8ClN2O4+. The van der Waals surface area contributed by atoms with Gasteiger partial charge in [0.15, 0.2) is 11.5 Å². The van der Waals surface area contributed by atoms with E-state index in [-0.39, 0.29) is 11.9 Å². The van der Waals surface area contributed by atoms with Crippen LogP contribution >= 0.6 is 11.6 Å². The molecule has 2 aromatic rings. The van der Waals surface area contributed by atoms with Crippen molar-refractivity contribution in [1.82, 2.24) is 5.27 Å². The number of H-pyrrole nitrogens is 1. The molecule has 6 nitrogen and oxygen atoms in total. The lowest BCUT2D eigenvalue weighted by Crippen LogP contribution is -2.38. The fraction of sp³-hybridized carbons (Fsp3) is 0.200. The second kappa shape index (κ2) is 3.81. The first kappa shape index (κ1) is 10.2. The van der Waals surface area contributed by atoms with E-state index in [0.717, 1.165) is 5.56 Å². The number of fused-ring (bicyclic) bond motifs is 1. The minimum absolute atomic E-state index is 0.00247. The van der Waals surface area contributed by atoms with E-state index in [4.69, 9.17) is 21.1 Å². The maximum Gasteiger partial charge on any atom is 0.447 e. The van der Waals surface area contributed by atoms with Gasteiger partial charge in [0.25, 0.3) is 0 Å². The van der Waals surface area contributed by atoms with Gasteiger partial charge in [0.05, 0.1) is 0 Å². The zero-order valence-corrected chi connectivity index (χ0v) is 9.36. The zero-order valence-electron chi connectivity index (χ0n) is 8.60. The second-order valence-electron chi connectivity index (χ2n) is 3.55. The van der Waals surface area contributed by atoms with Crippen LogP contribution in [0.25, 0.3) is 0 Å². The Morgan fingerprint density at radius 3 is 2.94 bits per heavy atom. The van der Waals surface area contributed by atoms with Crippen molar-refractivity contribution >= 4 is 11.6 Å². The number of benzene rings is 1. The van der Waals surface area contributed by atoms with Crippen LogP contribution in [0.15, 0.2) is 27.5 Å². The molecule has 0 spiro atoms. The first-order chi connectivity index (χ1) is 8.24. The highest BCUT2D eigenvalue weighted by molar-refractivity contribution is 6.28. The summed E-state index contributed by atoms with van der Waals surface area (Å²) in [5.74, 6) is 1.40. The van der Waals surface area contributed by atoms with Crippen molar-refractivity contribution in [2.24, 2.45) is 0 Å². The zero-order chi connectivity index (χ0) is 11.8. The normalized spacial score (nSPS) is 13.0. The van der Waals surface area contributed by atoms with Crippen LogP contribution in [0.5, 0.6) is 11.5 Å². The van der Waals surface area contributed by atoms with Crippen LogP contribution in [0, 0.1) is 0 Å². The Morgan fingerprint density at radius 2 is 2.18 bits per heavy atom. The molecule has 1 N–H and O–H groups in total. The highest BCUT2D eigenvalue weighted by Crippen LogP contribution is 2.32. The molecule has 0 bridgehead atoms. The van der Waals surface area contributed by atoms with E-state index in [1.807, 2.05) is 18.2 Å². The van der Waals surface area contributed by atoms with Crippen molar-refractivity contribution < 1.29 is 18.7 Å². The van der Waals surface area contributed by atoms with Crippen molar-refractivity contribution in [2.75, 3.05) is 6.79 Å². The van der Waals surface area contributed by atoms with E-state index in [1.165, 1.54) is 4.68 Å². The van der Waals surface area contributed by atoms with Crippen molar-refractivity contribution in [3.8, 4) is 11.5 Å². The minimum Gasteiger partial charge on any atom is -0.454 e. The van der Waals surface area contributed by atoms with E-state index < -0.39 is 5.63 Å². The third kappa shape index (κ3) is 1.76. The summed E-state index contributed by atoms with van der Waals surface area (Å²) in [5, 5.41) is 2.42. The Bertz CT molecular complexity index is 619. The first-order valence-corrected chi connectivity index (χ1v) is 5.27. The smallest absolute Gasteiger partial charge is 0.447 e. The van der Waals surface area contributed by atoms with Crippen LogP contribution in [-0.4, -0.2) is 12.1 Å². The van der Waals surface area contributed by atoms with Crippen molar-refractivity contribution in [1.29, 1.82) is 0 Å². The Balaban J connectivity index is 1.91. The van der Waals surface area contributed by atoms with E-state index in [2.05, 4.69) is 9.79 Å². The minimum atomic E-state index is -0.590. The molecule has 88 valence electrons. The fourth-order valence-corrected chi connectivity index (χ4v) is 1.75. The van der Waals surface area contributed by atoms with Gasteiger partial charge in [-0.05, 0) is 35.1 Å². The van der Waals surface area contributed by atoms with Gasteiger partial charge in [0.1, 0.15) is 0 Å². The monoisotopic (exact) mass is 255 g/mol. The van der Waals surface area contributed by atoms with Crippen LogP contribution in [0.1, 0.15) is 5.56 Å². The fourth-order valence-electron chi connectivity index (χ4n) is 1.61. The summed E-state index contributed by atoms with van der Waals surface area (Å²) in [6, 6.07) is 5.50. The SMILES string of the molecule is O=c1o[nH][n+](Cc2ccc3c(c2)OCO3)c1Cl. The van der Waals surface area contributed by atoms with Crippen LogP contribution in [0.4, 0.5) is 0 Å². The summed E-state index contributed by atoms with van der Waals surface area (Å²) in [7, 11) is 0. The van der Waals surface area contributed by atoms with Gasteiger partial charge in [-0.25, -0.2) is 4.79 Å². The maximum atomic E-state index is 11.0. The quantitative estimate of drug-likeness (QED) is 0.802. The third-order valence-electron chi connectivity index (χ3n) is 2.43. The van der Waals surface area contributed by atoms with Gasteiger partial charge in [-0.15, -0.1) is 0 Å². The molecule has 0 amide bonds. The summed E-state index contributed by atoms with van der Waals surface area (Å²) >= 11 is 5.75. The summed E-state index contributed by atoms with van der Waals surface area (Å²) in [5.41, 5.74) is 0.325. The number of aromatic nitrogens is 2. The summed E-state index contributed by atoms with van der Waals surface area (Å²) < 4.78 is 16.4. The first-order valence-electron chi connectivity index (χ1n) is 4.89. The molecule has 0 fully saturated rings. The highest BCUT2D eigenvalue weighted by Gasteiger charge is 2.20. The molecule has 0 atom stereocenters. The molecule has 0 aliphatic carbocycles. The van der Waals surface area contributed by atoms with Gasteiger partial charge in [-0.2, -0.15) is 0 Å². The van der Waals surface area contributed by atoms with E-state index in [9.17, 15) is 4.79 Å². The van der Waals surface area contributed by atoms with Crippen LogP contribution in [0.2, 0.25) is 5.15 Å². The molecule has 1 aromatic carbocycles. The number of hydrogen-bond acceptors (Lipinski definition) is 4. The predicted octanol–water partition coefficient (Wildman–Crippen LogP) is 0.686. The molecule has 1 aliphatic rings. The van der Waals surface area contributed by atoms with Crippen LogP contribution in [0.3, 0.4) is 0 Å². The lowest BCUT2D eigenvalue weighted by atomic mass is 10.2. The van der Waals surface area contributed by atoms with Crippen molar-refractivity contribution in [3.05, 3.63) is 39.3 Å². The number of halogens is 1. The van der Waals surface area contributed by atoms with Gasteiger partial charge in [-0.1, -0.05) is 4.68 Å². The molecule has 0 saturated heterocycles. The van der Waals surface area contributed by atoms with E-state index in [1.54, 1.807) is 0 Å². The van der Waals surface area contributed by atoms with Crippen LogP contribution < -0.4 is 19.8 Å². The number of aromatic amines is 1. The molecule has 0 unspecified atom stereocenters. The van der Waals surface area contributed by atoms with Gasteiger partial charge in [0.2, 0.25) is 13.3 Å². The summed E-state index contributed by atoms with van der Waals surface area (Å²) in [6.45, 7) is 0.621. The number of nitrogens with zero attached hydrogens (tertiary/aromatic N) is 1. The Kier molecular flexibility index (Phi) is 2.29. The molecule has 1 aliphatic heterocycles. The number of hydrogen-bond donors (Lipinski definition) is 1. The number of rotatable bonds is 2. The van der Waals surface area contributed by atoms with Gasteiger partial charge < -0.3 is 9.47 Å². The van der Waals surface area contributed by atoms with Gasteiger partial charge in [0, 0.05) is 5.56 Å². The van der Waals surface area contributed by atoms with Crippen molar-refractivity contribution in [3.63, 3.8) is 0 Å². The maximum absolute atomic E-state index is 11.0. The molecule has 2 heterocycles. The van der Waals surface area contributed by atoms with E-state index >= 15 is 0 Å². The molecule has 3 rings (SSSR count). The number of nitrogens with one attached hydrogen (secondary N) is 1. The Labute approximate surface area is 100 Å². The Hall–Kier alpha value is -1.95. The Morgan fingerprint density at radius 1 is 1.35 bits per heavy atom. The van der Waals surface area contributed by atoms with E-state index in [0.29, 0.717) is 18.0 Å². The largest absolute Gasteiger partial charge is 0.454 e. The predicted molar refractivity (Wildman–Crippen MR) is 56.2 cm³/mol. The molecule has 7 heteroatoms. The molecular weight excluding hydrogens is 248 g/mol. The van der Waals surface area contributed by atoms with Crippen LogP contribution in [-0.2, 0) is 6.54 Å². The number of ether oxygens (including phenoxy) is 2. The van der Waals surface area contributed by atoms with Gasteiger partial charge in [-0.3, -0.25) is 4.52 Å². The standard InChI is InChI=1S/C10H7ClN2O4/c11-9-10(14)17-12-13(9)4-6-1-2-7-8(3-6)16-5-15-7/h1-3H,4-5H2/p+1. The summed E-state index contributed by atoms with van der Waals surface area (Å²) in [6.07, 6.45) is 0.